The van der Waals surface area contributed by atoms with E-state index in [1.807, 2.05) is 13.1 Å². The first-order valence-electron chi connectivity index (χ1n) is 5.69. The van der Waals surface area contributed by atoms with Gasteiger partial charge in [-0.05, 0) is 31.5 Å². The number of aromatic nitrogens is 2. The lowest BCUT2D eigenvalue weighted by molar-refractivity contribution is 0.402. The molecule has 4 nitrogen and oxygen atoms in total. The van der Waals surface area contributed by atoms with Gasteiger partial charge in [-0.15, -0.1) is 10.2 Å². The van der Waals surface area contributed by atoms with E-state index in [0.29, 0.717) is 11.2 Å². The first kappa shape index (κ1) is 11.6. The third-order valence-corrected chi connectivity index (χ3v) is 3.12. The quantitative estimate of drug-likeness (QED) is 0.874. The number of anilines is 1. The highest BCUT2D eigenvalue weighted by Gasteiger charge is 2.15. The van der Waals surface area contributed by atoms with Gasteiger partial charge in [0, 0.05) is 19.6 Å². The molecule has 1 aromatic heterocycles. The molecule has 0 amide bonds. The molecule has 2 heterocycles. The Bertz CT molecular complexity index is 321. The number of nitrogens with one attached hydrogen (secondary N) is 1. The third kappa shape index (κ3) is 3.06. The van der Waals surface area contributed by atoms with Crippen LogP contribution < -0.4 is 10.2 Å². The van der Waals surface area contributed by atoms with Crippen LogP contribution >= 0.6 is 11.6 Å². The van der Waals surface area contributed by atoms with Gasteiger partial charge in [0.15, 0.2) is 11.0 Å². The summed E-state index contributed by atoms with van der Waals surface area (Å²) in [4.78, 5) is 2.12. The van der Waals surface area contributed by atoms with E-state index in [-0.39, 0.29) is 0 Å². The van der Waals surface area contributed by atoms with E-state index in [9.17, 15) is 0 Å². The normalized spacial score (nSPS) is 20.8. The van der Waals surface area contributed by atoms with Crippen molar-refractivity contribution in [1.29, 1.82) is 0 Å². The molecule has 16 heavy (non-hydrogen) atoms. The maximum absolute atomic E-state index is 5.70. The molecule has 1 unspecified atom stereocenters. The molecular formula is C11H17ClN4. The van der Waals surface area contributed by atoms with Crippen molar-refractivity contribution in [1.82, 2.24) is 15.5 Å². The van der Waals surface area contributed by atoms with Gasteiger partial charge < -0.3 is 10.2 Å². The van der Waals surface area contributed by atoms with Gasteiger partial charge in [0.05, 0.1) is 0 Å². The summed E-state index contributed by atoms with van der Waals surface area (Å²) in [5, 5.41) is 11.9. The van der Waals surface area contributed by atoms with E-state index in [4.69, 9.17) is 11.6 Å². The first-order chi connectivity index (χ1) is 7.75. The van der Waals surface area contributed by atoms with Crippen molar-refractivity contribution in [3.63, 3.8) is 0 Å². The van der Waals surface area contributed by atoms with Crippen LogP contribution in [0.5, 0.6) is 0 Å². The Morgan fingerprint density at radius 1 is 1.44 bits per heavy atom. The fourth-order valence-electron chi connectivity index (χ4n) is 2.02. The van der Waals surface area contributed by atoms with E-state index < -0.39 is 0 Å². The minimum absolute atomic E-state index is 0.438. The Hall–Kier alpha value is -0.870. The maximum Gasteiger partial charge on any atom is 0.151 e. The standard InChI is InChI=1S/C11H17ClN4/c1-16(8-9-4-2-3-7-13-9)11-6-5-10(12)14-15-11/h5-6,9,13H,2-4,7-8H2,1H3. The number of hydrogen-bond acceptors (Lipinski definition) is 4. The molecule has 1 aliphatic heterocycles. The van der Waals surface area contributed by atoms with E-state index >= 15 is 0 Å². The van der Waals surface area contributed by atoms with Gasteiger partial charge in [0.1, 0.15) is 0 Å². The molecule has 0 radical (unpaired) electrons. The SMILES string of the molecule is CN(CC1CCCCN1)c1ccc(Cl)nn1. The predicted molar refractivity (Wildman–Crippen MR) is 66.0 cm³/mol. The third-order valence-electron chi connectivity index (χ3n) is 2.92. The van der Waals surface area contributed by atoms with Crippen LogP contribution in [0.3, 0.4) is 0 Å². The van der Waals surface area contributed by atoms with Crippen molar-refractivity contribution in [3.05, 3.63) is 17.3 Å². The van der Waals surface area contributed by atoms with Crippen LogP contribution in [0.25, 0.3) is 0 Å². The van der Waals surface area contributed by atoms with Crippen molar-refractivity contribution < 1.29 is 0 Å². The highest BCUT2D eigenvalue weighted by Crippen LogP contribution is 2.13. The van der Waals surface area contributed by atoms with Crippen LogP contribution in [0.15, 0.2) is 12.1 Å². The largest absolute Gasteiger partial charge is 0.357 e. The van der Waals surface area contributed by atoms with Crippen LogP contribution in [-0.4, -0.2) is 36.4 Å². The lowest BCUT2D eigenvalue weighted by Crippen LogP contribution is -2.42. The monoisotopic (exact) mass is 240 g/mol. The molecule has 5 heteroatoms. The van der Waals surface area contributed by atoms with Crippen LogP contribution in [0.4, 0.5) is 5.82 Å². The van der Waals surface area contributed by atoms with Crippen LogP contribution in [0.2, 0.25) is 5.15 Å². The van der Waals surface area contributed by atoms with Crippen LogP contribution in [0, 0.1) is 0 Å². The Morgan fingerprint density at radius 2 is 2.31 bits per heavy atom. The Morgan fingerprint density at radius 3 is 2.94 bits per heavy atom. The lowest BCUT2D eigenvalue weighted by Gasteiger charge is -2.28. The fourth-order valence-corrected chi connectivity index (χ4v) is 2.12. The van der Waals surface area contributed by atoms with Crippen molar-refractivity contribution in [2.75, 3.05) is 25.0 Å². The van der Waals surface area contributed by atoms with E-state index in [2.05, 4.69) is 20.4 Å². The Balaban J connectivity index is 1.91. The second kappa shape index (κ2) is 5.46. The molecule has 2 rings (SSSR count). The molecule has 1 atom stereocenters. The summed E-state index contributed by atoms with van der Waals surface area (Å²) >= 11 is 5.70. The number of piperidine rings is 1. The molecule has 1 aromatic rings. The zero-order chi connectivity index (χ0) is 11.4. The topological polar surface area (TPSA) is 41.0 Å². The summed E-state index contributed by atoms with van der Waals surface area (Å²) < 4.78 is 0. The predicted octanol–water partition coefficient (Wildman–Crippen LogP) is 1.71. The smallest absolute Gasteiger partial charge is 0.151 e. The van der Waals surface area contributed by atoms with E-state index in [1.54, 1.807) is 6.07 Å². The highest BCUT2D eigenvalue weighted by molar-refractivity contribution is 6.29. The van der Waals surface area contributed by atoms with Gasteiger partial charge in [0.2, 0.25) is 0 Å². The zero-order valence-corrected chi connectivity index (χ0v) is 10.2. The number of likely N-dealkylation sites (N-methyl/N-ethyl adjacent to an activating group) is 1. The first-order valence-corrected chi connectivity index (χ1v) is 6.07. The van der Waals surface area contributed by atoms with Crippen molar-refractivity contribution in [2.45, 2.75) is 25.3 Å². The highest BCUT2D eigenvalue weighted by atomic mass is 35.5. The minimum Gasteiger partial charge on any atom is -0.357 e. The molecule has 0 aromatic carbocycles. The maximum atomic E-state index is 5.70. The summed E-state index contributed by atoms with van der Waals surface area (Å²) in [6.45, 7) is 2.10. The van der Waals surface area contributed by atoms with Gasteiger partial charge in [-0.25, -0.2) is 0 Å². The number of nitrogens with zero attached hydrogens (tertiary/aromatic N) is 3. The molecule has 0 aliphatic carbocycles. The number of hydrogen-bond donors (Lipinski definition) is 1. The molecule has 1 aliphatic rings. The number of rotatable bonds is 3. The van der Waals surface area contributed by atoms with Gasteiger partial charge >= 0.3 is 0 Å². The van der Waals surface area contributed by atoms with Gasteiger partial charge in [-0.2, -0.15) is 0 Å². The van der Waals surface area contributed by atoms with Crippen LogP contribution in [0.1, 0.15) is 19.3 Å². The summed E-state index contributed by atoms with van der Waals surface area (Å²) in [7, 11) is 2.04. The zero-order valence-electron chi connectivity index (χ0n) is 9.49. The minimum atomic E-state index is 0.438. The Kier molecular flexibility index (Phi) is 3.96. The summed E-state index contributed by atoms with van der Waals surface area (Å²) in [6, 6.07) is 4.24. The molecule has 0 saturated carbocycles. The summed E-state index contributed by atoms with van der Waals surface area (Å²) in [6.07, 6.45) is 3.85. The Labute approximate surface area is 101 Å². The summed E-state index contributed by atoms with van der Waals surface area (Å²) in [5.41, 5.74) is 0. The van der Waals surface area contributed by atoms with Gasteiger partial charge in [0.25, 0.3) is 0 Å². The second-order valence-electron chi connectivity index (χ2n) is 4.24. The molecule has 0 bridgehead atoms. The number of halogens is 1. The molecule has 1 N–H and O–H groups in total. The van der Waals surface area contributed by atoms with Crippen molar-refractivity contribution >= 4 is 17.4 Å². The van der Waals surface area contributed by atoms with E-state index in [1.165, 1.54) is 19.3 Å². The second-order valence-corrected chi connectivity index (χ2v) is 4.63. The average molecular weight is 241 g/mol. The molecule has 0 spiro atoms. The molecule has 1 fully saturated rings. The van der Waals surface area contributed by atoms with Crippen molar-refractivity contribution in [3.8, 4) is 0 Å². The fraction of sp³-hybridized carbons (Fsp3) is 0.636. The molecule has 1 saturated heterocycles. The van der Waals surface area contributed by atoms with Crippen molar-refractivity contribution in [2.24, 2.45) is 0 Å². The molecule has 88 valence electrons. The van der Waals surface area contributed by atoms with E-state index in [0.717, 1.165) is 18.9 Å². The van der Waals surface area contributed by atoms with Crippen LogP contribution in [-0.2, 0) is 0 Å². The lowest BCUT2D eigenvalue weighted by atomic mass is 10.0. The average Bonchev–Trinajstić information content (AvgIpc) is 2.31. The molecular weight excluding hydrogens is 224 g/mol. The van der Waals surface area contributed by atoms with Gasteiger partial charge in [-0.1, -0.05) is 18.0 Å². The summed E-state index contributed by atoms with van der Waals surface area (Å²) in [5.74, 6) is 0.872. The van der Waals surface area contributed by atoms with Gasteiger partial charge in [-0.3, -0.25) is 0 Å².